The molecule has 0 amide bonds. The van der Waals surface area contributed by atoms with Gasteiger partial charge in [-0.05, 0) is 24.6 Å². The molecule has 0 aliphatic heterocycles. The van der Waals surface area contributed by atoms with E-state index < -0.39 is 0 Å². The number of aromatic amines is 1. The van der Waals surface area contributed by atoms with Crippen molar-refractivity contribution in [2.75, 3.05) is 0 Å². The predicted molar refractivity (Wildman–Crippen MR) is 72.7 cm³/mol. The Labute approximate surface area is 116 Å². The number of benzene rings is 1. The number of hydrogen-bond donors (Lipinski definition) is 2. The van der Waals surface area contributed by atoms with Crippen LogP contribution < -0.4 is 5.32 Å². The molecule has 0 aliphatic carbocycles. The first-order valence-electron chi connectivity index (χ1n) is 6.42. The maximum atomic E-state index is 5.54. The third-order valence-electron chi connectivity index (χ3n) is 3.13. The van der Waals surface area contributed by atoms with Gasteiger partial charge in [0.1, 0.15) is 5.76 Å². The predicted octanol–water partition coefficient (Wildman–Crippen LogP) is 2.23. The molecule has 0 spiro atoms. The van der Waals surface area contributed by atoms with Gasteiger partial charge in [-0.2, -0.15) is 5.21 Å². The van der Waals surface area contributed by atoms with Crippen molar-refractivity contribution in [2.45, 2.75) is 19.0 Å². The Morgan fingerprint density at radius 1 is 1.15 bits per heavy atom. The quantitative estimate of drug-likeness (QED) is 0.742. The highest BCUT2D eigenvalue weighted by Gasteiger charge is 2.21. The van der Waals surface area contributed by atoms with Gasteiger partial charge in [-0.3, -0.25) is 5.32 Å². The lowest BCUT2D eigenvalue weighted by molar-refractivity contribution is 0.412. The van der Waals surface area contributed by atoms with Crippen molar-refractivity contribution in [1.82, 2.24) is 25.9 Å². The number of H-pyrrole nitrogens is 1. The molecule has 2 N–H and O–H groups in total. The lowest BCUT2D eigenvalue weighted by Gasteiger charge is -2.20. The van der Waals surface area contributed by atoms with Crippen LogP contribution in [0.15, 0.2) is 53.1 Å². The number of tetrazole rings is 1. The third-order valence-corrected chi connectivity index (χ3v) is 3.13. The zero-order valence-corrected chi connectivity index (χ0v) is 11.0. The molecule has 2 atom stereocenters. The van der Waals surface area contributed by atoms with Crippen molar-refractivity contribution >= 4 is 0 Å². The van der Waals surface area contributed by atoms with E-state index in [9.17, 15) is 0 Å². The minimum atomic E-state index is -0.0558. The van der Waals surface area contributed by atoms with Crippen molar-refractivity contribution in [3.63, 3.8) is 0 Å². The molecule has 0 radical (unpaired) electrons. The van der Waals surface area contributed by atoms with Gasteiger partial charge in [0, 0.05) is 0 Å². The second-order valence-corrected chi connectivity index (χ2v) is 4.52. The van der Waals surface area contributed by atoms with Crippen LogP contribution in [0.1, 0.15) is 36.2 Å². The number of nitrogens with one attached hydrogen (secondary N) is 2. The number of furan rings is 1. The zero-order valence-electron chi connectivity index (χ0n) is 11.0. The monoisotopic (exact) mass is 269 g/mol. The van der Waals surface area contributed by atoms with E-state index in [1.54, 1.807) is 6.26 Å². The largest absolute Gasteiger partial charge is 0.467 e. The van der Waals surface area contributed by atoms with Crippen molar-refractivity contribution in [1.29, 1.82) is 0 Å². The fraction of sp³-hybridized carbons (Fsp3) is 0.214. The van der Waals surface area contributed by atoms with Crippen molar-refractivity contribution in [3.8, 4) is 0 Å². The fourth-order valence-electron chi connectivity index (χ4n) is 2.12. The Balaban J connectivity index is 1.87. The van der Waals surface area contributed by atoms with E-state index >= 15 is 0 Å². The Morgan fingerprint density at radius 2 is 2.00 bits per heavy atom. The topological polar surface area (TPSA) is 79.6 Å². The van der Waals surface area contributed by atoms with Crippen LogP contribution >= 0.6 is 0 Å². The summed E-state index contributed by atoms with van der Waals surface area (Å²) in [4.78, 5) is 0. The second-order valence-electron chi connectivity index (χ2n) is 4.52. The molecule has 2 unspecified atom stereocenters. The summed E-state index contributed by atoms with van der Waals surface area (Å²) in [7, 11) is 0. The van der Waals surface area contributed by atoms with Crippen LogP contribution in [0, 0.1) is 0 Å². The molecule has 0 saturated heterocycles. The maximum absolute atomic E-state index is 5.54. The highest BCUT2D eigenvalue weighted by atomic mass is 16.3. The van der Waals surface area contributed by atoms with E-state index in [-0.39, 0.29) is 12.1 Å². The number of aromatic nitrogens is 4. The average molecular weight is 269 g/mol. The highest BCUT2D eigenvalue weighted by Crippen LogP contribution is 2.25. The van der Waals surface area contributed by atoms with Crippen LogP contribution in [0.2, 0.25) is 0 Å². The SMILES string of the molecule is CC(NC(c1ccccc1)c1ccco1)c1nn[nH]n1. The molecule has 0 bridgehead atoms. The summed E-state index contributed by atoms with van der Waals surface area (Å²) in [6.07, 6.45) is 1.67. The molecular formula is C14H15N5O. The van der Waals surface area contributed by atoms with Gasteiger partial charge < -0.3 is 4.42 Å². The molecule has 0 aliphatic rings. The van der Waals surface area contributed by atoms with Gasteiger partial charge >= 0.3 is 0 Å². The minimum Gasteiger partial charge on any atom is -0.467 e. The summed E-state index contributed by atoms with van der Waals surface area (Å²) < 4.78 is 5.54. The zero-order chi connectivity index (χ0) is 13.8. The number of rotatable bonds is 5. The van der Waals surface area contributed by atoms with Gasteiger partial charge in [0.25, 0.3) is 0 Å². The first-order chi connectivity index (χ1) is 9.84. The van der Waals surface area contributed by atoms with Crippen molar-refractivity contribution in [2.24, 2.45) is 0 Å². The van der Waals surface area contributed by atoms with E-state index in [0.717, 1.165) is 11.3 Å². The molecule has 6 heteroatoms. The molecule has 20 heavy (non-hydrogen) atoms. The van der Waals surface area contributed by atoms with Crippen LogP contribution in [0.3, 0.4) is 0 Å². The molecule has 2 heterocycles. The maximum Gasteiger partial charge on any atom is 0.191 e. The molecule has 0 fully saturated rings. The van der Waals surface area contributed by atoms with E-state index in [1.165, 1.54) is 0 Å². The fourth-order valence-corrected chi connectivity index (χ4v) is 2.12. The first-order valence-corrected chi connectivity index (χ1v) is 6.42. The molecule has 0 saturated carbocycles. The Morgan fingerprint density at radius 3 is 2.65 bits per heavy atom. The Hall–Kier alpha value is -2.47. The van der Waals surface area contributed by atoms with Crippen LogP contribution in [-0.2, 0) is 0 Å². The summed E-state index contributed by atoms with van der Waals surface area (Å²) in [5, 5.41) is 17.5. The molecular weight excluding hydrogens is 254 g/mol. The van der Waals surface area contributed by atoms with Gasteiger partial charge in [0.2, 0.25) is 0 Å². The normalized spacial score (nSPS) is 14.1. The van der Waals surface area contributed by atoms with E-state index in [4.69, 9.17) is 4.42 Å². The molecule has 3 rings (SSSR count). The lowest BCUT2D eigenvalue weighted by atomic mass is 10.0. The number of nitrogens with zero attached hydrogens (tertiary/aromatic N) is 3. The van der Waals surface area contributed by atoms with Crippen LogP contribution in [0.4, 0.5) is 0 Å². The second kappa shape index (κ2) is 5.66. The summed E-state index contributed by atoms with van der Waals surface area (Å²) in [6, 6.07) is 13.8. The molecule has 102 valence electrons. The Bertz CT molecular complexity index is 621. The van der Waals surface area contributed by atoms with Gasteiger partial charge in [-0.15, -0.1) is 10.2 Å². The minimum absolute atomic E-state index is 0.0518. The molecule has 3 aromatic rings. The Kier molecular flexibility index (Phi) is 3.56. The van der Waals surface area contributed by atoms with Gasteiger partial charge in [-0.25, -0.2) is 0 Å². The smallest absolute Gasteiger partial charge is 0.191 e. The number of hydrogen-bond acceptors (Lipinski definition) is 5. The summed E-state index contributed by atoms with van der Waals surface area (Å²) in [5.41, 5.74) is 1.12. The average Bonchev–Trinajstić information content (AvgIpc) is 3.18. The van der Waals surface area contributed by atoms with Gasteiger partial charge in [0.15, 0.2) is 5.82 Å². The van der Waals surface area contributed by atoms with Crippen LogP contribution in [0.5, 0.6) is 0 Å². The lowest BCUT2D eigenvalue weighted by Crippen LogP contribution is -2.26. The van der Waals surface area contributed by atoms with Gasteiger partial charge in [0.05, 0.1) is 18.3 Å². The summed E-state index contributed by atoms with van der Waals surface area (Å²) >= 11 is 0. The molecule has 2 aromatic heterocycles. The summed E-state index contributed by atoms with van der Waals surface area (Å²) in [5.74, 6) is 1.48. The third kappa shape index (κ3) is 2.60. The molecule has 6 nitrogen and oxygen atoms in total. The van der Waals surface area contributed by atoms with E-state index in [0.29, 0.717) is 5.82 Å². The first kappa shape index (κ1) is 12.6. The summed E-state index contributed by atoms with van der Waals surface area (Å²) in [6.45, 7) is 1.99. The highest BCUT2D eigenvalue weighted by molar-refractivity contribution is 5.26. The van der Waals surface area contributed by atoms with Crippen LogP contribution in [-0.4, -0.2) is 20.6 Å². The van der Waals surface area contributed by atoms with E-state index in [1.807, 2.05) is 37.3 Å². The van der Waals surface area contributed by atoms with Crippen molar-refractivity contribution < 1.29 is 4.42 Å². The van der Waals surface area contributed by atoms with Gasteiger partial charge in [-0.1, -0.05) is 35.5 Å². The molecule has 1 aromatic carbocycles. The van der Waals surface area contributed by atoms with E-state index in [2.05, 4.69) is 38.1 Å². The van der Waals surface area contributed by atoms with Crippen LogP contribution in [0.25, 0.3) is 0 Å². The van der Waals surface area contributed by atoms with Crippen molar-refractivity contribution in [3.05, 3.63) is 65.9 Å². The standard InChI is InChI=1S/C14H15N5O/c1-10(14-16-18-19-17-14)15-13(12-8-5-9-20-12)11-6-3-2-4-7-11/h2-10,13,15H,1H3,(H,16,17,18,19).